The van der Waals surface area contributed by atoms with Gasteiger partial charge in [0.15, 0.2) is 0 Å². The van der Waals surface area contributed by atoms with E-state index in [1.165, 1.54) is 16.8 Å². The Balaban J connectivity index is 1.77. The van der Waals surface area contributed by atoms with E-state index >= 15 is 0 Å². The fourth-order valence-electron chi connectivity index (χ4n) is 3.51. The summed E-state index contributed by atoms with van der Waals surface area (Å²) >= 11 is 0. The molecule has 2 atom stereocenters. The lowest BCUT2D eigenvalue weighted by Gasteiger charge is -2.26. The molecule has 31 heavy (non-hydrogen) atoms. The number of aliphatic hydroxyl groups is 1. The molecule has 0 amide bonds. The zero-order chi connectivity index (χ0) is 22.1. The van der Waals surface area contributed by atoms with E-state index in [1.54, 1.807) is 11.0 Å². The number of carbonyl (C=O) groups is 1. The average Bonchev–Trinajstić information content (AvgIpc) is 3.31. The maximum Gasteiger partial charge on any atom is 0.333 e. The Labute approximate surface area is 173 Å². The van der Waals surface area contributed by atoms with Crippen molar-refractivity contribution in [1.29, 1.82) is 0 Å². The van der Waals surface area contributed by atoms with Crippen molar-refractivity contribution >= 4 is 23.1 Å². The third kappa shape index (κ3) is 3.99. The van der Waals surface area contributed by atoms with Gasteiger partial charge in [0.25, 0.3) is 0 Å². The monoisotopic (exact) mass is 426 g/mol. The van der Waals surface area contributed by atoms with Gasteiger partial charge >= 0.3 is 11.7 Å². The average molecular weight is 426 g/mol. The second kappa shape index (κ2) is 7.96. The van der Waals surface area contributed by atoms with E-state index in [1.807, 2.05) is 0 Å². The zero-order valence-corrected chi connectivity index (χ0v) is 15.8. The predicted octanol–water partition coefficient (Wildman–Crippen LogP) is 1.31. The molecule has 0 aromatic carbocycles. The fourth-order valence-corrected chi connectivity index (χ4v) is 3.51. The maximum absolute atomic E-state index is 14.0. The summed E-state index contributed by atoms with van der Waals surface area (Å²) in [6.45, 7) is 0.147. The van der Waals surface area contributed by atoms with Crippen LogP contribution in [-0.2, 0) is 4.79 Å². The van der Waals surface area contributed by atoms with Crippen LogP contribution in [0.15, 0.2) is 30.7 Å². The number of hydrogen-bond donors (Lipinski definition) is 2. The second-order valence-corrected chi connectivity index (χ2v) is 6.86. The summed E-state index contributed by atoms with van der Waals surface area (Å²) in [7, 11) is 0. The van der Waals surface area contributed by atoms with Gasteiger partial charge in [-0.1, -0.05) is 5.92 Å². The van der Waals surface area contributed by atoms with Crippen LogP contribution >= 0.6 is 0 Å². The van der Waals surface area contributed by atoms with Gasteiger partial charge in [0.05, 0.1) is 23.3 Å². The van der Waals surface area contributed by atoms with Gasteiger partial charge in [0, 0.05) is 18.3 Å². The maximum atomic E-state index is 14.0. The van der Waals surface area contributed by atoms with Gasteiger partial charge in [-0.05, 0) is 24.5 Å². The minimum Gasteiger partial charge on any atom is -0.481 e. The smallest absolute Gasteiger partial charge is 0.333 e. The molecule has 4 rings (SSSR count). The van der Waals surface area contributed by atoms with Gasteiger partial charge in [0.2, 0.25) is 5.65 Å². The molecule has 11 nitrogen and oxygen atoms in total. The third-order valence-electron chi connectivity index (χ3n) is 4.79. The number of nitrogens with zero attached hydrogens (tertiary/aromatic N) is 6. The number of halogens is 1. The molecule has 0 saturated carbocycles. The van der Waals surface area contributed by atoms with Gasteiger partial charge in [-0.3, -0.25) is 14.9 Å². The summed E-state index contributed by atoms with van der Waals surface area (Å²) in [4.78, 5) is 31.4. The molecule has 1 saturated heterocycles. The highest BCUT2D eigenvalue weighted by atomic mass is 19.1. The molecule has 1 aliphatic heterocycles. The minimum absolute atomic E-state index is 0.0291. The Morgan fingerprint density at radius 3 is 2.97 bits per heavy atom. The highest BCUT2D eigenvalue weighted by Crippen LogP contribution is 2.37. The first-order chi connectivity index (χ1) is 14.8. The zero-order valence-electron chi connectivity index (χ0n) is 15.8. The van der Waals surface area contributed by atoms with Gasteiger partial charge < -0.3 is 15.1 Å². The predicted molar refractivity (Wildman–Crippen MR) is 104 cm³/mol. The molecule has 0 radical (unpaired) electrons. The summed E-state index contributed by atoms with van der Waals surface area (Å²) in [5.74, 6) is 3.72. The Kier molecular flexibility index (Phi) is 5.18. The molecule has 1 unspecified atom stereocenters. The molecular weight excluding hydrogens is 411 g/mol. The van der Waals surface area contributed by atoms with Gasteiger partial charge in [0.1, 0.15) is 29.9 Å². The highest BCUT2D eigenvalue weighted by Gasteiger charge is 2.35. The molecule has 0 spiro atoms. The Hall–Kier alpha value is -4.11. The molecule has 1 aliphatic rings. The summed E-state index contributed by atoms with van der Waals surface area (Å²) in [6.07, 6.45) is 2.61. The van der Waals surface area contributed by atoms with Gasteiger partial charge in [-0.25, -0.2) is 18.9 Å². The van der Waals surface area contributed by atoms with E-state index in [-0.39, 0.29) is 30.0 Å². The standard InChI is InChI=1S/C19H15FN6O5/c20-11-6-13(14(21-8-11)2-1-3-18(28)29)15-7-12(27)10-24(15)17-4-5-25-19(23-17)16(9-22-25)26(30)31/h4-6,8-9,12,15,27H,3,7,10H2,(H,28,29)/t12-,15?/m1/s1. The number of aliphatic carboxylic acids is 1. The summed E-state index contributed by atoms with van der Waals surface area (Å²) in [6, 6.07) is 2.23. The lowest BCUT2D eigenvalue weighted by Crippen LogP contribution is -2.26. The van der Waals surface area contributed by atoms with E-state index in [0.717, 1.165) is 12.4 Å². The SMILES string of the molecule is O=C(O)CC#Cc1ncc(F)cc1C1C[C@@H](O)CN1c1ccn2ncc([N+](=O)[O-])c2n1. The van der Waals surface area contributed by atoms with E-state index < -0.39 is 35.3 Å². The lowest BCUT2D eigenvalue weighted by molar-refractivity contribution is -0.383. The van der Waals surface area contributed by atoms with Crippen LogP contribution in [-0.4, -0.2) is 53.3 Å². The fraction of sp³-hybridized carbons (Fsp3) is 0.263. The molecule has 12 heteroatoms. The highest BCUT2D eigenvalue weighted by molar-refractivity contribution is 5.70. The van der Waals surface area contributed by atoms with Crippen LogP contribution in [0.3, 0.4) is 0 Å². The number of aromatic nitrogens is 4. The van der Waals surface area contributed by atoms with Gasteiger partial charge in [-0.15, -0.1) is 0 Å². The van der Waals surface area contributed by atoms with Crippen LogP contribution in [0, 0.1) is 27.8 Å². The number of carboxylic acids is 1. The molecule has 2 N–H and O–H groups in total. The number of β-amino-alcohol motifs (C(OH)–C–C–N with tert-alkyl or cyclic N) is 1. The minimum atomic E-state index is -1.10. The van der Waals surface area contributed by atoms with Crippen molar-refractivity contribution in [2.45, 2.75) is 25.0 Å². The van der Waals surface area contributed by atoms with Crippen molar-refractivity contribution < 1.29 is 24.3 Å². The van der Waals surface area contributed by atoms with Crippen LogP contribution in [0.1, 0.15) is 30.1 Å². The van der Waals surface area contributed by atoms with E-state index in [4.69, 9.17) is 5.11 Å². The van der Waals surface area contributed by atoms with Crippen LogP contribution in [0.5, 0.6) is 0 Å². The van der Waals surface area contributed by atoms with E-state index in [2.05, 4.69) is 26.9 Å². The van der Waals surface area contributed by atoms with Gasteiger partial charge in [-0.2, -0.15) is 5.10 Å². The lowest BCUT2D eigenvalue weighted by atomic mass is 10.0. The number of hydrogen-bond acceptors (Lipinski definition) is 8. The summed E-state index contributed by atoms with van der Waals surface area (Å²) in [5, 5.41) is 34.2. The first-order valence-corrected chi connectivity index (χ1v) is 9.13. The molecule has 4 heterocycles. The molecule has 158 valence electrons. The van der Waals surface area contributed by atoms with Crippen molar-refractivity contribution in [3.63, 3.8) is 0 Å². The first-order valence-electron chi connectivity index (χ1n) is 9.13. The van der Waals surface area contributed by atoms with Crippen LogP contribution < -0.4 is 4.90 Å². The molecule has 3 aromatic heterocycles. The van der Waals surface area contributed by atoms with Crippen molar-refractivity contribution in [2.24, 2.45) is 0 Å². The number of anilines is 1. The largest absolute Gasteiger partial charge is 0.481 e. The second-order valence-electron chi connectivity index (χ2n) is 6.86. The Morgan fingerprint density at radius 1 is 1.42 bits per heavy atom. The van der Waals surface area contributed by atoms with Crippen LogP contribution in [0.4, 0.5) is 15.9 Å². The summed E-state index contributed by atoms with van der Waals surface area (Å²) in [5.41, 5.74) is 0.301. The number of fused-ring (bicyclic) bond motifs is 1. The molecular formula is C19H15FN6O5. The number of pyridine rings is 1. The van der Waals surface area contributed by atoms with Crippen molar-refractivity contribution in [1.82, 2.24) is 19.6 Å². The first kappa shape index (κ1) is 20.2. The number of rotatable bonds is 4. The Morgan fingerprint density at radius 2 is 2.23 bits per heavy atom. The molecule has 3 aromatic rings. The molecule has 0 aliphatic carbocycles. The quantitative estimate of drug-likeness (QED) is 0.358. The molecule has 1 fully saturated rings. The van der Waals surface area contributed by atoms with Crippen LogP contribution in [0.25, 0.3) is 5.65 Å². The molecule has 0 bridgehead atoms. The normalized spacial score (nSPS) is 18.1. The van der Waals surface area contributed by atoms with Crippen molar-refractivity contribution in [2.75, 3.05) is 11.4 Å². The topological polar surface area (TPSA) is 147 Å². The van der Waals surface area contributed by atoms with Crippen molar-refractivity contribution in [3.05, 3.63) is 57.9 Å². The van der Waals surface area contributed by atoms with E-state index in [0.29, 0.717) is 11.4 Å². The third-order valence-corrected chi connectivity index (χ3v) is 4.79. The summed E-state index contributed by atoms with van der Waals surface area (Å²) < 4.78 is 15.3. The van der Waals surface area contributed by atoms with E-state index in [9.17, 15) is 24.4 Å². The van der Waals surface area contributed by atoms with Crippen molar-refractivity contribution in [3.8, 4) is 11.8 Å². The number of aliphatic hydroxyl groups excluding tert-OH is 1. The number of carboxylic acid groups (broad SMARTS) is 1. The van der Waals surface area contributed by atoms with Crippen LogP contribution in [0.2, 0.25) is 0 Å². The number of nitro groups is 1. The Bertz CT molecular complexity index is 1250.